The van der Waals surface area contributed by atoms with Gasteiger partial charge in [-0.2, -0.15) is 0 Å². The van der Waals surface area contributed by atoms with Crippen LogP contribution in [0.4, 0.5) is 5.69 Å². The van der Waals surface area contributed by atoms with E-state index in [1.54, 1.807) is 4.90 Å². The molecule has 0 aromatic heterocycles. The van der Waals surface area contributed by atoms with E-state index in [4.69, 9.17) is 0 Å². The fourth-order valence-corrected chi connectivity index (χ4v) is 2.61. The predicted octanol–water partition coefficient (Wildman–Crippen LogP) is 3.01. The first-order valence-electron chi connectivity index (χ1n) is 6.72. The van der Waals surface area contributed by atoms with Gasteiger partial charge in [0.2, 0.25) is 0 Å². The molecular weight excluding hydrogens is 248 g/mol. The molecule has 0 spiro atoms. The number of hydrogen-bond donors (Lipinski definition) is 0. The van der Waals surface area contributed by atoms with E-state index >= 15 is 0 Å². The minimum absolute atomic E-state index is 0.119. The largest absolute Gasteiger partial charge is 0.378 e. The lowest BCUT2D eigenvalue weighted by atomic mass is 10.00. The summed E-state index contributed by atoms with van der Waals surface area (Å²) in [6, 6.07) is 14.5. The third-order valence-corrected chi connectivity index (χ3v) is 3.79. The zero-order chi connectivity index (χ0) is 14.3. The lowest BCUT2D eigenvalue weighted by molar-refractivity contribution is 0.0816. The molecule has 0 fully saturated rings. The predicted molar refractivity (Wildman–Crippen MR) is 82.0 cm³/mol. The first-order valence-corrected chi connectivity index (χ1v) is 6.72. The molecule has 1 amide bonds. The zero-order valence-corrected chi connectivity index (χ0v) is 12.1. The van der Waals surface area contributed by atoms with Crippen molar-refractivity contribution in [2.24, 2.45) is 0 Å². The summed E-state index contributed by atoms with van der Waals surface area (Å²) in [4.78, 5) is 15.8. The molecule has 1 aliphatic heterocycles. The van der Waals surface area contributed by atoms with Crippen LogP contribution in [0.15, 0.2) is 42.5 Å². The third-order valence-electron chi connectivity index (χ3n) is 3.79. The minimum atomic E-state index is 0.119. The lowest BCUT2D eigenvalue weighted by Crippen LogP contribution is -2.17. The Morgan fingerprint density at radius 2 is 1.80 bits per heavy atom. The van der Waals surface area contributed by atoms with E-state index in [9.17, 15) is 4.79 Å². The maximum atomic E-state index is 11.9. The SMILES string of the molecule is CN1Cc2cc(-c3cccc(N(C)C)c3)ccc2C1=O. The number of hydrogen-bond acceptors (Lipinski definition) is 2. The van der Waals surface area contributed by atoms with Gasteiger partial charge in [-0.1, -0.05) is 18.2 Å². The normalized spacial score (nSPS) is 13.6. The summed E-state index contributed by atoms with van der Waals surface area (Å²) in [5.41, 5.74) is 5.47. The van der Waals surface area contributed by atoms with Gasteiger partial charge < -0.3 is 9.80 Å². The van der Waals surface area contributed by atoms with Crippen molar-refractivity contribution < 1.29 is 4.79 Å². The van der Waals surface area contributed by atoms with E-state index in [-0.39, 0.29) is 5.91 Å². The van der Waals surface area contributed by atoms with E-state index in [2.05, 4.69) is 35.2 Å². The van der Waals surface area contributed by atoms with E-state index in [1.807, 2.05) is 33.3 Å². The van der Waals surface area contributed by atoms with Crippen LogP contribution in [-0.4, -0.2) is 32.0 Å². The van der Waals surface area contributed by atoms with Gasteiger partial charge in [0.25, 0.3) is 5.91 Å². The minimum Gasteiger partial charge on any atom is -0.378 e. The molecule has 3 rings (SSSR count). The van der Waals surface area contributed by atoms with Gasteiger partial charge in [-0.15, -0.1) is 0 Å². The molecule has 20 heavy (non-hydrogen) atoms. The van der Waals surface area contributed by atoms with Crippen molar-refractivity contribution in [2.45, 2.75) is 6.54 Å². The Labute approximate surface area is 119 Å². The van der Waals surface area contributed by atoms with Crippen molar-refractivity contribution in [1.29, 1.82) is 0 Å². The number of carbonyl (C=O) groups excluding carboxylic acids is 1. The molecule has 102 valence electrons. The molecule has 1 heterocycles. The quantitative estimate of drug-likeness (QED) is 0.834. The Hall–Kier alpha value is -2.29. The molecule has 0 N–H and O–H groups in total. The summed E-state index contributed by atoms with van der Waals surface area (Å²) in [5.74, 6) is 0.119. The van der Waals surface area contributed by atoms with Crippen LogP contribution in [-0.2, 0) is 6.54 Å². The second kappa shape index (κ2) is 4.67. The van der Waals surface area contributed by atoms with Crippen molar-refractivity contribution in [3.63, 3.8) is 0 Å². The molecule has 0 saturated carbocycles. The maximum Gasteiger partial charge on any atom is 0.254 e. The average Bonchev–Trinajstić information content (AvgIpc) is 2.74. The molecule has 0 unspecified atom stereocenters. The molecule has 0 radical (unpaired) electrons. The first kappa shape index (κ1) is 12.7. The van der Waals surface area contributed by atoms with Crippen LogP contribution in [0.5, 0.6) is 0 Å². The maximum absolute atomic E-state index is 11.9. The summed E-state index contributed by atoms with van der Waals surface area (Å²) in [6.07, 6.45) is 0. The van der Waals surface area contributed by atoms with E-state index in [0.29, 0.717) is 6.54 Å². The lowest BCUT2D eigenvalue weighted by Gasteiger charge is -2.14. The van der Waals surface area contributed by atoms with Crippen LogP contribution >= 0.6 is 0 Å². The van der Waals surface area contributed by atoms with Gasteiger partial charge in [-0.25, -0.2) is 0 Å². The molecule has 1 aliphatic rings. The van der Waals surface area contributed by atoms with Crippen LogP contribution in [0.2, 0.25) is 0 Å². The smallest absolute Gasteiger partial charge is 0.254 e. The van der Waals surface area contributed by atoms with Crippen molar-refractivity contribution in [2.75, 3.05) is 26.0 Å². The second-order valence-corrected chi connectivity index (χ2v) is 5.48. The van der Waals surface area contributed by atoms with Crippen molar-refractivity contribution in [1.82, 2.24) is 4.90 Å². The zero-order valence-electron chi connectivity index (χ0n) is 12.1. The Balaban J connectivity index is 2.02. The number of anilines is 1. The Morgan fingerprint density at radius 1 is 1.05 bits per heavy atom. The number of rotatable bonds is 2. The standard InChI is InChI=1S/C17H18N2O/c1-18(2)15-6-4-5-12(10-15)13-7-8-16-14(9-13)11-19(3)17(16)20/h4-10H,11H2,1-3H3. The molecule has 3 heteroatoms. The first-order chi connectivity index (χ1) is 9.56. The Kier molecular flexibility index (Phi) is 2.97. The van der Waals surface area contributed by atoms with E-state index < -0.39 is 0 Å². The van der Waals surface area contributed by atoms with Gasteiger partial charge >= 0.3 is 0 Å². The van der Waals surface area contributed by atoms with Crippen LogP contribution < -0.4 is 4.90 Å². The van der Waals surface area contributed by atoms with Gasteiger partial charge in [0.15, 0.2) is 0 Å². The summed E-state index contributed by atoms with van der Waals surface area (Å²) in [6.45, 7) is 0.704. The molecule has 0 aliphatic carbocycles. The van der Waals surface area contributed by atoms with Crippen LogP contribution in [0, 0.1) is 0 Å². The highest BCUT2D eigenvalue weighted by Gasteiger charge is 2.24. The summed E-state index contributed by atoms with van der Waals surface area (Å²) >= 11 is 0. The molecule has 0 bridgehead atoms. The number of fused-ring (bicyclic) bond motifs is 1. The topological polar surface area (TPSA) is 23.6 Å². The van der Waals surface area contributed by atoms with E-state index in [0.717, 1.165) is 16.7 Å². The third kappa shape index (κ3) is 2.05. The number of nitrogens with zero attached hydrogens (tertiary/aromatic N) is 2. The number of carbonyl (C=O) groups is 1. The molecule has 0 atom stereocenters. The highest BCUT2D eigenvalue weighted by molar-refractivity contribution is 5.98. The number of amides is 1. The van der Waals surface area contributed by atoms with Crippen LogP contribution in [0.25, 0.3) is 11.1 Å². The van der Waals surface area contributed by atoms with Gasteiger partial charge in [-0.3, -0.25) is 4.79 Å². The van der Waals surface area contributed by atoms with E-state index in [1.165, 1.54) is 11.3 Å². The summed E-state index contributed by atoms with van der Waals surface area (Å²) < 4.78 is 0. The number of benzene rings is 2. The second-order valence-electron chi connectivity index (χ2n) is 5.48. The van der Waals surface area contributed by atoms with Crippen LogP contribution in [0.1, 0.15) is 15.9 Å². The molecule has 0 saturated heterocycles. The summed E-state index contributed by atoms with van der Waals surface area (Å²) in [7, 11) is 5.92. The van der Waals surface area contributed by atoms with Gasteiger partial charge in [-0.05, 0) is 41.0 Å². The molecule has 3 nitrogen and oxygen atoms in total. The summed E-state index contributed by atoms with van der Waals surface area (Å²) in [5, 5.41) is 0. The molecule has 2 aromatic rings. The van der Waals surface area contributed by atoms with Crippen molar-refractivity contribution in [3.05, 3.63) is 53.6 Å². The highest BCUT2D eigenvalue weighted by Crippen LogP contribution is 2.29. The van der Waals surface area contributed by atoms with Gasteiger partial charge in [0, 0.05) is 38.9 Å². The molecular formula is C17H18N2O. The van der Waals surface area contributed by atoms with Gasteiger partial charge in [0.05, 0.1) is 0 Å². The molecule has 2 aromatic carbocycles. The fourth-order valence-electron chi connectivity index (χ4n) is 2.61. The van der Waals surface area contributed by atoms with Crippen LogP contribution in [0.3, 0.4) is 0 Å². The van der Waals surface area contributed by atoms with Crippen molar-refractivity contribution >= 4 is 11.6 Å². The van der Waals surface area contributed by atoms with Crippen molar-refractivity contribution in [3.8, 4) is 11.1 Å². The fraction of sp³-hybridized carbons (Fsp3) is 0.235. The average molecular weight is 266 g/mol. The monoisotopic (exact) mass is 266 g/mol. The Morgan fingerprint density at radius 3 is 2.55 bits per heavy atom. The highest BCUT2D eigenvalue weighted by atomic mass is 16.2. The van der Waals surface area contributed by atoms with Gasteiger partial charge in [0.1, 0.15) is 0 Å². The Bertz CT molecular complexity index is 676.